The van der Waals surface area contributed by atoms with Gasteiger partial charge in [0.25, 0.3) is 5.91 Å². The maximum absolute atomic E-state index is 13.4. The lowest BCUT2D eigenvalue weighted by atomic mass is 10.1. The standard InChI is InChI=1S/C23H30N8O/c1-14(2)15(3)31-13-25-28-22(31)18-8-7-9-20(26-18)30-12-17-16(23(30)32)10-21(29(5)6)27-19(17)11-24-4/h7-10,13-15,24H,11-12H2,1-6H3/t15-/m1/s1. The van der Waals surface area contributed by atoms with E-state index in [-0.39, 0.29) is 11.9 Å². The van der Waals surface area contributed by atoms with Gasteiger partial charge >= 0.3 is 0 Å². The van der Waals surface area contributed by atoms with Crippen LogP contribution in [0.5, 0.6) is 0 Å². The zero-order valence-electron chi connectivity index (χ0n) is 19.5. The molecule has 0 radical (unpaired) electrons. The predicted molar refractivity (Wildman–Crippen MR) is 125 cm³/mol. The summed E-state index contributed by atoms with van der Waals surface area (Å²) in [6.45, 7) is 7.50. The average molecular weight is 435 g/mol. The van der Waals surface area contributed by atoms with Crippen molar-refractivity contribution in [1.82, 2.24) is 30.0 Å². The van der Waals surface area contributed by atoms with Crippen LogP contribution >= 0.6 is 0 Å². The molecule has 0 unspecified atom stereocenters. The lowest BCUT2D eigenvalue weighted by Crippen LogP contribution is -2.24. The van der Waals surface area contributed by atoms with Crippen LogP contribution in [0.4, 0.5) is 11.6 Å². The second-order valence-electron chi connectivity index (χ2n) is 8.70. The second kappa shape index (κ2) is 8.66. The summed E-state index contributed by atoms with van der Waals surface area (Å²) in [7, 11) is 5.73. The van der Waals surface area contributed by atoms with E-state index in [1.54, 1.807) is 11.2 Å². The Balaban J connectivity index is 1.71. The van der Waals surface area contributed by atoms with Crippen molar-refractivity contribution in [2.75, 3.05) is 30.9 Å². The molecule has 9 nitrogen and oxygen atoms in total. The molecule has 4 rings (SSSR count). The van der Waals surface area contributed by atoms with Gasteiger partial charge in [-0.1, -0.05) is 19.9 Å². The third-order valence-electron chi connectivity index (χ3n) is 6.01. The Bertz CT molecular complexity index is 1140. The Hall–Kier alpha value is -3.33. The molecule has 1 aliphatic heterocycles. The fraction of sp³-hybridized carbons (Fsp3) is 0.435. The van der Waals surface area contributed by atoms with Gasteiger partial charge in [0.2, 0.25) is 0 Å². The third kappa shape index (κ3) is 3.84. The summed E-state index contributed by atoms with van der Waals surface area (Å²) >= 11 is 0. The Morgan fingerprint density at radius 3 is 2.66 bits per heavy atom. The van der Waals surface area contributed by atoms with E-state index in [1.165, 1.54) is 0 Å². The maximum Gasteiger partial charge on any atom is 0.260 e. The number of carbonyl (C=O) groups excluding carboxylic acids is 1. The van der Waals surface area contributed by atoms with Gasteiger partial charge in [0.15, 0.2) is 5.82 Å². The highest BCUT2D eigenvalue weighted by Gasteiger charge is 2.33. The minimum atomic E-state index is -0.0653. The first-order valence-corrected chi connectivity index (χ1v) is 10.8. The number of fused-ring (bicyclic) bond motifs is 1. The molecule has 0 aromatic carbocycles. The number of nitrogens with zero attached hydrogens (tertiary/aromatic N) is 7. The first-order chi connectivity index (χ1) is 15.3. The van der Waals surface area contributed by atoms with Crippen molar-refractivity contribution in [2.24, 2.45) is 5.92 Å². The summed E-state index contributed by atoms with van der Waals surface area (Å²) in [5.41, 5.74) is 3.20. The monoisotopic (exact) mass is 434 g/mol. The molecule has 0 spiro atoms. The molecule has 1 atom stereocenters. The smallest absolute Gasteiger partial charge is 0.260 e. The number of rotatable bonds is 7. The van der Waals surface area contributed by atoms with Gasteiger partial charge in [0.05, 0.1) is 17.8 Å². The highest BCUT2D eigenvalue weighted by molar-refractivity contribution is 6.10. The van der Waals surface area contributed by atoms with Crippen LogP contribution in [0.15, 0.2) is 30.6 Å². The van der Waals surface area contributed by atoms with Crippen LogP contribution in [-0.4, -0.2) is 51.8 Å². The molecule has 3 aromatic rings. The van der Waals surface area contributed by atoms with Crippen LogP contribution in [0.1, 0.15) is 48.4 Å². The van der Waals surface area contributed by atoms with Crippen LogP contribution in [0, 0.1) is 5.92 Å². The van der Waals surface area contributed by atoms with Gasteiger partial charge < -0.3 is 14.8 Å². The number of aromatic nitrogens is 5. The van der Waals surface area contributed by atoms with E-state index >= 15 is 0 Å². The van der Waals surface area contributed by atoms with Crippen LogP contribution in [0.2, 0.25) is 0 Å². The lowest BCUT2D eigenvalue weighted by molar-refractivity contribution is 0.0996. The Morgan fingerprint density at radius 1 is 1.19 bits per heavy atom. The normalized spacial score (nSPS) is 14.2. The van der Waals surface area contributed by atoms with E-state index in [2.05, 4.69) is 36.3 Å². The number of nitrogens with one attached hydrogen (secondary N) is 1. The molecule has 3 aromatic heterocycles. The number of hydrogen-bond acceptors (Lipinski definition) is 7. The molecular formula is C23H30N8O. The van der Waals surface area contributed by atoms with Gasteiger partial charge in [-0.2, -0.15) is 0 Å². The van der Waals surface area contributed by atoms with E-state index in [4.69, 9.17) is 9.97 Å². The van der Waals surface area contributed by atoms with Crippen molar-refractivity contribution in [3.63, 3.8) is 0 Å². The molecule has 168 valence electrons. The molecule has 0 saturated carbocycles. The van der Waals surface area contributed by atoms with Crippen molar-refractivity contribution in [3.05, 3.63) is 47.4 Å². The first-order valence-electron chi connectivity index (χ1n) is 10.8. The molecule has 0 aliphatic carbocycles. The van der Waals surface area contributed by atoms with E-state index < -0.39 is 0 Å². The van der Waals surface area contributed by atoms with Crippen LogP contribution in [0.25, 0.3) is 11.5 Å². The molecule has 4 heterocycles. The minimum absolute atomic E-state index is 0.0653. The van der Waals surface area contributed by atoms with E-state index in [0.717, 1.165) is 17.1 Å². The first kappa shape index (κ1) is 21.9. The van der Waals surface area contributed by atoms with Gasteiger partial charge in [0, 0.05) is 32.2 Å². The summed E-state index contributed by atoms with van der Waals surface area (Å²) in [6, 6.07) is 7.76. The van der Waals surface area contributed by atoms with Crippen molar-refractivity contribution >= 4 is 17.5 Å². The maximum atomic E-state index is 13.4. The van der Waals surface area contributed by atoms with Crippen molar-refractivity contribution in [3.8, 4) is 11.5 Å². The lowest BCUT2D eigenvalue weighted by Gasteiger charge is -2.19. The number of pyridine rings is 2. The van der Waals surface area contributed by atoms with Crippen LogP contribution in [-0.2, 0) is 13.1 Å². The van der Waals surface area contributed by atoms with Crippen molar-refractivity contribution in [1.29, 1.82) is 0 Å². The SMILES string of the molecule is CNCc1nc(N(C)C)cc2c1CN(c1cccc(-c3nncn3[C@H](C)C(C)C)n1)C2=O. The molecule has 1 N–H and O–H groups in total. The molecule has 0 bridgehead atoms. The molecule has 1 amide bonds. The number of amides is 1. The third-order valence-corrected chi connectivity index (χ3v) is 6.01. The number of hydrogen-bond donors (Lipinski definition) is 1. The largest absolute Gasteiger partial charge is 0.363 e. The zero-order valence-corrected chi connectivity index (χ0v) is 19.5. The summed E-state index contributed by atoms with van der Waals surface area (Å²) < 4.78 is 2.04. The van der Waals surface area contributed by atoms with Gasteiger partial charge in [0.1, 0.15) is 23.7 Å². The quantitative estimate of drug-likeness (QED) is 0.611. The minimum Gasteiger partial charge on any atom is -0.363 e. The summed E-state index contributed by atoms with van der Waals surface area (Å²) in [4.78, 5) is 26.5. The van der Waals surface area contributed by atoms with E-state index in [0.29, 0.717) is 41.9 Å². The molecule has 0 saturated heterocycles. The highest BCUT2D eigenvalue weighted by atomic mass is 16.2. The van der Waals surface area contributed by atoms with Gasteiger partial charge in [-0.25, -0.2) is 9.97 Å². The Morgan fingerprint density at radius 2 is 1.97 bits per heavy atom. The van der Waals surface area contributed by atoms with Gasteiger partial charge in [-0.3, -0.25) is 9.69 Å². The van der Waals surface area contributed by atoms with Crippen LogP contribution in [0.3, 0.4) is 0 Å². The fourth-order valence-electron chi connectivity index (χ4n) is 3.82. The van der Waals surface area contributed by atoms with Gasteiger partial charge in [-0.05, 0) is 38.1 Å². The van der Waals surface area contributed by atoms with Crippen LogP contribution < -0.4 is 15.1 Å². The van der Waals surface area contributed by atoms with E-state index in [9.17, 15) is 4.79 Å². The summed E-state index contributed by atoms with van der Waals surface area (Å²) in [5, 5.41) is 11.6. The summed E-state index contributed by atoms with van der Waals surface area (Å²) in [6.07, 6.45) is 1.74. The van der Waals surface area contributed by atoms with Gasteiger partial charge in [-0.15, -0.1) is 10.2 Å². The Labute approximate surface area is 188 Å². The Kier molecular flexibility index (Phi) is 5.92. The van der Waals surface area contributed by atoms with Crippen molar-refractivity contribution < 1.29 is 4.79 Å². The second-order valence-corrected chi connectivity index (χ2v) is 8.70. The zero-order chi connectivity index (χ0) is 23.0. The van der Waals surface area contributed by atoms with E-state index in [1.807, 2.05) is 54.9 Å². The average Bonchev–Trinajstić information content (AvgIpc) is 3.39. The predicted octanol–water partition coefficient (Wildman–Crippen LogP) is 2.90. The highest BCUT2D eigenvalue weighted by Crippen LogP contribution is 2.32. The molecule has 9 heteroatoms. The molecular weight excluding hydrogens is 404 g/mol. The summed E-state index contributed by atoms with van der Waals surface area (Å²) in [5.74, 6) is 2.42. The molecule has 0 fully saturated rings. The topological polar surface area (TPSA) is 92.1 Å². The molecule has 1 aliphatic rings. The number of carbonyl (C=O) groups is 1. The van der Waals surface area contributed by atoms with Crippen molar-refractivity contribution in [2.45, 2.75) is 39.9 Å². The molecule has 32 heavy (non-hydrogen) atoms. The fourth-order valence-corrected chi connectivity index (χ4v) is 3.82. The number of anilines is 2.